The Balaban J connectivity index is 1.38. The van der Waals surface area contributed by atoms with Gasteiger partial charge >= 0.3 is 0 Å². The second-order valence-corrected chi connectivity index (χ2v) is 8.19. The number of hydrogen-bond acceptors (Lipinski definition) is 3. The third-order valence-corrected chi connectivity index (χ3v) is 6.05. The minimum atomic E-state index is 0.0373. The van der Waals surface area contributed by atoms with E-state index in [0.717, 1.165) is 41.4 Å². The maximum absolute atomic E-state index is 13.5. The summed E-state index contributed by atoms with van der Waals surface area (Å²) in [5.74, 6) is 0.573. The standard InChI is InChI=1S/C25H25N3O2/c29-24(19-7-2-1-3-8-19)27-13-6-14-28(16-15-27)25(30)21-17-23(18-11-12-18)26-22-10-5-4-9-20(21)22/h1-5,7-10,17-18H,6,11-16H2. The number of amides is 2. The first-order valence-electron chi connectivity index (χ1n) is 10.7. The predicted octanol–water partition coefficient (Wildman–Crippen LogP) is 4.10. The van der Waals surface area contributed by atoms with Gasteiger partial charge in [-0.25, -0.2) is 0 Å². The minimum Gasteiger partial charge on any atom is -0.337 e. The number of para-hydroxylation sites is 1. The summed E-state index contributed by atoms with van der Waals surface area (Å²) in [6.45, 7) is 2.43. The number of carbonyl (C=O) groups excluding carboxylic acids is 2. The molecule has 2 amide bonds. The highest BCUT2D eigenvalue weighted by atomic mass is 16.2. The van der Waals surface area contributed by atoms with Crippen LogP contribution in [0.15, 0.2) is 60.7 Å². The van der Waals surface area contributed by atoms with Crippen molar-refractivity contribution in [2.75, 3.05) is 26.2 Å². The van der Waals surface area contributed by atoms with Crippen LogP contribution in [0.3, 0.4) is 0 Å². The van der Waals surface area contributed by atoms with E-state index >= 15 is 0 Å². The third-order valence-electron chi connectivity index (χ3n) is 6.05. The van der Waals surface area contributed by atoms with Gasteiger partial charge in [0, 0.05) is 48.7 Å². The summed E-state index contributed by atoms with van der Waals surface area (Å²) in [5.41, 5.74) is 3.37. The van der Waals surface area contributed by atoms with E-state index in [4.69, 9.17) is 4.98 Å². The fourth-order valence-electron chi connectivity index (χ4n) is 4.22. The zero-order valence-electron chi connectivity index (χ0n) is 17.0. The van der Waals surface area contributed by atoms with E-state index in [-0.39, 0.29) is 11.8 Å². The summed E-state index contributed by atoms with van der Waals surface area (Å²) in [6.07, 6.45) is 3.08. The Morgan fingerprint density at radius 3 is 2.20 bits per heavy atom. The molecule has 30 heavy (non-hydrogen) atoms. The van der Waals surface area contributed by atoms with E-state index < -0.39 is 0 Å². The van der Waals surface area contributed by atoms with Crippen molar-refractivity contribution in [3.8, 4) is 0 Å². The molecule has 0 bridgehead atoms. The topological polar surface area (TPSA) is 53.5 Å². The highest BCUT2D eigenvalue weighted by Crippen LogP contribution is 2.40. The van der Waals surface area contributed by atoms with Crippen molar-refractivity contribution in [1.29, 1.82) is 0 Å². The number of pyridine rings is 1. The maximum Gasteiger partial charge on any atom is 0.254 e. The first-order valence-corrected chi connectivity index (χ1v) is 10.7. The molecule has 2 aromatic carbocycles. The predicted molar refractivity (Wildman–Crippen MR) is 117 cm³/mol. The quantitative estimate of drug-likeness (QED) is 0.666. The Bertz CT molecular complexity index is 1090. The van der Waals surface area contributed by atoms with Gasteiger partial charge in [-0.15, -0.1) is 0 Å². The first kappa shape index (κ1) is 18.8. The number of carbonyl (C=O) groups is 2. The molecule has 1 aliphatic heterocycles. The van der Waals surface area contributed by atoms with Crippen molar-refractivity contribution in [2.45, 2.75) is 25.2 Å². The molecule has 5 heteroatoms. The van der Waals surface area contributed by atoms with Gasteiger partial charge in [0.25, 0.3) is 11.8 Å². The molecule has 1 saturated heterocycles. The molecule has 5 rings (SSSR count). The molecular formula is C25H25N3O2. The van der Waals surface area contributed by atoms with Crippen molar-refractivity contribution >= 4 is 22.7 Å². The van der Waals surface area contributed by atoms with Crippen LogP contribution in [-0.4, -0.2) is 52.8 Å². The largest absolute Gasteiger partial charge is 0.337 e. The Labute approximate surface area is 176 Å². The summed E-state index contributed by atoms with van der Waals surface area (Å²) in [6, 6.07) is 19.3. The van der Waals surface area contributed by atoms with Gasteiger partial charge in [0.05, 0.1) is 11.1 Å². The number of nitrogens with zero attached hydrogens (tertiary/aromatic N) is 3. The summed E-state index contributed by atoms with van der Waals surface area (Å²) in [7, 11) is 0. The van der Waals surface area contributed by atoms with Crippen LogP contribution in [0, 0.1) is 0 Å². The SMILES string of the molecule is O=C(c1ccccc1)N1CCCN(C(=O)c2cc(C3CC3)nc3ccccc23)CC1. The summed E-state index contributed by atoms with van der Waals surface area (Å²) in [4.78, 5) is 34.9. The van der Waals surface area contributed by atoms with Gasteiger partial charge < -0.3 is 9.80 Å². The average Bonchev–Trinajstić information content (AvgIpc) is 3.65. The van der Waals surface area contributed by atoms with E-state index in [9.17, 15) is 9.59 Å². The Kier molecular flexibility index (Phi) is 4.95. The molecule has 2 aliphatic rings. The van der Waals surface area contributed by atoms with E-state index in [0.29, 0.717) is 37.7 Å². The lowest BCUT2D eigenvalue weighted by Crippen LogP contribution is -2.37. The van der Waals surface area contributed by atoms with Gasteiger partial charge in [-0.05, 0) is 43.5 Å². The van der Waals surface area contributed by atoms with Crippen LogP contribution in [0.1, 0.15) is 51.6 Å². The number of hydrogen-bond donors (Lipinski definition) is 0. The summed E-state index contributed by atoms with van der Waals surface area (Å²) in [5, 5.41) is 0.911. The van der Waals surface area contributed by atoms with E-state index in [1.807, 2.05) is 70.5 Å². The molecule has 1 saturated carbocycles. The fraction of sp³-hybridized carbons (Fsp3) is 0.320. The number of fused-ring (bicyclic) bond motifs is 1. The van der Waals surface area contributed by atoms with Gasteiger partial charge in [0.1, 0.15) is 0 Å². The number of benzene rings is 2. The van der Waals surface area contributed by atoms with Gasteiger partial charge in [-0.1, -0.05) is 36.4 Å². The molecule has 5 nitrogen and oxygen atoms in total. The molecule has 0 spiro atoms. The molecule has 152 valence electrons. The lowest BCUT2D eigenvalue weighted by atomic mass is 10.0. The molecular weight excluding hydrogens is 374 g/mol. The van der Waals surface area contributed by atoms with Crippen molar-refractivity contribution in [2.24, 2.45) is 0 Å². The Hall–Kier alpha value is -3.21. The van der Waals surface area contributed by atoms with Gasteiger partial charge in [0.2, 0.25) is 0 Å². The van der Waals surface area contributed by atoms with E-state index in [1.54, 1.807) is 0 Å². The molecule has 0 unspecified atom stereocenters. The molecule has 0 N–H and O–H groups in total. The highest BCUT2D eigenvalue weighted by Gasteiger charge is 2.29. The van der Waals surface area contributed by atoms with Gasteiger partial charge in [0.15, 0.2) is 0 Å². The maximum atomic E-state index is 13.5. The van der Waals surface area contributed by atoms with Crippen LogP contribution in [0.4, 0.5) is 0 Å². The van der Waals surface area contributed by atoms with Crippen LogP contribution >= 0.6 is 0 Å². The van der Waals surface area contributed by atoms with Gasteiger partial charge in [-0.3, -0.25) is 14.6 Å². The number of rotatable bonds is 3. The van der Waals surface area contributed by atoms with Crippen LogP contribution < -0.4 is 0 Å². The molecule has 2 fully saturated rings. The molecule has 1 aliphatic carbocycles. The second-order valence-electron chi connectivity index (χ2n) is 8.19. The zero-order chi connectivity index (χ0) is 20.5. The Morgan fingerprint density at radius 1 is 0.800 bits per heavy atom. The molecule has 3 aromatic rings. The highest BCUT2D eigenvalue weighted by molar-refractivity contribution is 6.06. The zero-order valence-corrected chi connectivity index (χ0v) is 17.0. The molecule has 0 radical (unpaired) electrons. The lowest BCUT2D eigenvalue weighted by molar-refractivity contribution is 0.0719. The van der Waals surface area contributed by atoms with Crippen LogP contribution in [0.2, 0.25) is 0 Å². The Morgan fingerprint density at radius 2 is 1.47 bits per heavy atom. The van der Waals surface area contributed by atoms with Crippen molar-refractivity contribution < 1.29 is 9.59 Å². The monoisotopic (exact) mass is 399 g/mol. The minimum absolute atomic E-state index is 0.0373. The fourth-order valence-corrected chi connectivity index (χ4v) is 4.22. The van der Waals surface area contributed by atoms with Crippen molar-refractivity contribution in [3.63, 3.8) is 0 Å². The number of aromatic nitrogens is 1. The van der Waals surface area contributed by atoms with E-state index in [2.05, 4.69) is 0 Å². The van der Waals surface area contributed by atoms with E-state index in [1.165, 1.54) is 0 Å². The molecule has 1 aromatic heterocycles. The van der Waals surface area contributed by atoms with Crippen LogP contribution in [0.25, 0.3) is 10.9 Å². The average molecular weight is 399 g/mol. The molecule has 2 heterocycles. The normalized spacial score (nSPS) is 17.1. The van der Waals surface area contributed by atoms with Crippen molar-refractivity contribution in [1.82, 2.24) is 14.8 Å². The van der Waals surface area contributed by atoms with Crippen molar-refractivity contribution in [3.05, 3.63) is 77.5 Å². The van der Waals surface area contributed by atoms with Gasteiger partial charge in [-0.2, -0.15) is 0 Å². The lowest BCUT2D eigenvalue weighted by Gasteiger charge is -2.23. The first-order chi connectivity index (χ1) is 14.7. The van der Waals surface area contributed by atoms with Crippen LogP contribution in [0.5, 0.6) is 0 Å². The second kappa shape index (κ2) is 7.90. The smallest absolute Gasteiger partial charge is 0.254 e. The summed E-state index contributed by atoms with van der Waals surface area (Å²) < 4.78 is 0. The van der Waals surface area contributed by atoms with Crippen LogP contribution in [-0.2, 0) is 0 Å². The molecule has 0 atom stereocenters. The third kappa shape index (κ3) is 3.67. The summed E-state index contributed by atoms with van der Waals surface area (Å²) >= 11 is 0.